The van der Waals surface area contributed by atoms with Crippen molar-refractivity contribution in [3.63, 3.8) is 0 Å². The molecule has 2 aromatic rings. The van der Waals surface area contributed by atoms with Crippen LogP contribution in [0.15, 0.2) is 30.3 Å². The van der Waals surface area contributed by atoms with Gasteiger partial charge in [-0.05, 0) is 35.4 Å². The minimum atomic E-state index is -0.335. The van der Waals surface area contributed by atoms with Crippen LogP contribution in [0.4, 0.5) is 5.95 Å². The summed E-state index contributed by atoms with van der Waals surface area (Å²) in [5.41, 5.74) is 0.906. The van der Waals surface area contributed by atoms with Crippen LogP contribution in [-0.4, -0.2) is 37.5 Å². The predicted octanol–water partition coefficient (Wildman–Crippen LogP) is 1.77. The minimum Gasteiger partial charge on any atom is -0.391 e. The van der Waals surface area contributed by atoms with Gasteiger partial charge in [0.05, 0.1) is 17.8 Å². The van der Waals surface area contributed by atoms with Gasteiger partial charge in [-0.3, -0.25) is 0 Å². The van der Waals surface area contributed by atoms with Crippen molar-refractivity contribution in [2.75, 3.05) is 5.32 Å². The fraction of sp³-hybridized carbons (Fsp3) is 0.500. The van der Waals surface area contributed by atoms with E-state index in [4.69, 9.17) is 0 Å². The molecule has 2 N–H and O–H groups in total. The second-order valence-corrected chi connectivity index (χ2v) is 5.21. The fourth-order valence-electron chi connectivity index (χ4n) is 2.64. The molecule has 0 bridgehead atoms. The van der Waals surface area contributed by atoms with E-state index in [1.807, 2.05) is 30.3 Å². The number of benzene rings is 1. The zero-order chi connectivity index (χ0) is 13.8. The molecule has 0 spiro atoms. The summed E-state index contributed by atoms with van der Waals surface area (Å²) in [7, 11) is 0. The molecule has 0 aliphatic heterocycles. The lowest BCUT2D eigenvalue weighted by Gasteiger charge is -2.21. The Hall–Kier alpha value is -1.95. The van der Waals surface area contributed by atoms with E-state index in [0.717, 1.165) is 31.4 Å². The quantitative estimate of drug-likeness (QED) is 0.833. The highest BCUT2D eigenvalue weighted by Crippen LogP contribution is 2.21. The van der Waals surface area contributed by atoms with E-state index >= 15 is 0 Å². The van der Waals surface area contributed by atoms with Gasteiger partial charge in [-0.25, -0.2) is 0 Å². The molecule has 1 aromatic heterocycles. The number of hydrogen-bond donors (Lipinski definition) is 2. The highest BCUT2D eigenvalue weighted by Gasteiger charge is 2.23. The number of nitrogens with one attached hydrogen (secondary N) is 1. The van der Waals surface area contributed by atoms with Crippen LogP contribution >= 0.6 is 0 Å². The van der Waals surface area contributed by atoms with Crippen LogP contribution in [0.5, 0.6) is 0 Å². The number of rotatable bonds is 3. The molecule has 1 fully saturated rings. The molecule has 1 aliphatic rings. The molecule has 1 aliphatic carbocycles. The van der Waals surface area contributed by atoms with Crippen molar-refractivity contribution in [3.05, 3.63) is 30.3 Å². The average molecular weight is 273 g/mol. The number of hydrogen-bond acceptors (Lipinski definition) is 5. The zero-order valence-electron chi connectivity index (χ0n) is 11.3. The topological polar surface area (TPSA) is 75.9 Å². The number of anilines is 1. The van der Waals surface area contributed by atoms with Crippen molar-refractivity contribution in [2.24, 2.45) is 0 Å². The fourth-order valence-corrected chi connectivity index (χ4v) is 2.64. The number of nitrogens with zero attached hydrogens (tertiary/aromatic N) is 4. The van der Waals surface area contributed by atoms with E-state index < -0.39 is 0 Å². The van der Waals surface area contributed by atoms with Crippen molar-refractivity contribution in [1.29, 1.82) is 0 Å². The molecule has 2 atom stereocenters. The van der Waals surface area contributed by atoms with Crippen molar-refractivity contribution in [2.45, 2.75) is 44.2 Å². The SMILES string of the molecule is OC1CCCCCC1Nc1nnnn1-c1ccccc1. The second kappa shape index (κ2) is 6.00. The van der Waals surface area contributed by atoms with Gasteiger partial charge in [-0.15, -0.1) is 0 Å². The summed E-state index contributed by atoms with van der Waals surface area (Å²) in [4.78, 5) is 0. The normalized spacial score (nSPS) is 23.2. The molecule has 106 valence electrons. The third kappa shape index (κ3) is 2.80. The summed E-state index contributed by atoms with van der Waals surface area (Å²) in [6, 6.07) is 9.76. The van der Waals surface area contributed by atoms with E-state index in [0.29, 0.717) is 5.95 Å². The molecule has 0 amide bonds. The largest absolute Gasteiger partial charge is 0.391 e. The molecule has 1 aromatic carbocycles. The summed E-state index contributed by atoms with van der Waals surface area (Å²) < 4.78 is 1.66. The predicted molar refractivity (Wildman–Crippen MR) is 75.7 cm³/mol. The first-order chi connectivity index (χ1) is 9.84. The Morgan fingerprint density at radius 2 is 1.90 bits per heavy atom. The van der Waals surface area contributed by atoms with Crippen LogP contribution < -0.4 is 5.32 Å². The second-order valence-electron chi connectivity index (χ2n) is 5.21. The highest BCUT2D eigenvalue weighted by atomic mass is 16.3. The first kappa shape index (κ1) is 13.1. The Kier molecular flexibility index (Phi) is 3.92. The summed E-state index contributed by atoms with van der Waals surface area (Å²) in [6.07, 6.45) is 4.84. The van der Waals surface area contributed by atoms with E-state index in [-0.39, 0.29) is 12.1 Å². The van der Waals surface area contributed by atoms with Gasteiger partial charge in [0.25, 0.3) is 0 Å². The van der Waals surface area contributed by atoms with Gasteiger partial charge >= 0.3 is 0 Å². The maximum atomic E-state index is 10.2. The lowest BCUT2D eigenvalue weighted by atomic mass is 10.1. The maximum Gasteiger partial charge on any atom is 0.248 e. The van der Waals surface area contributed by atoms with Crippen molar-refractivity contribution in [3.8, 4) is 5.69 Å². The van der Waals surface area contributed by atoms with Gasteiger partial charge in [0.2, 0.25) is 5.95 Å². The first-order valence-electron chi connectivity index (χ1n) is 7.13. The van der Waals surface area contributed by atoms with Crippen molar-refractivity contribution >= 4 is 5.95 Å². The van der Waals surface area contributed by atoms with Crippen LogP contribution in [0.3, 0.4) is 0 Å². The third-order valence-corrected chi connectivity index (χ3v) is 3.76. The number of aliphatic hydroxyl groups excluding tert-OH is 1. The van der Waals surface area contributed by atoms with Crippen LogP contribution in [-0.2, 0) is 0 Å². The molecule has 2 unspecified atom stereocenters. The van der Waals surface area contributed by atoms with Crippen LogP contribution in [0.25, 0.3) is 5.69 Å². The van der Waals surface area contributed by atoms with E-state index in [9.17, 15) is 5.11 Å². The molecule has 6 nitrogen and oxygen atoms in total. The Bertz CT molecular complexity index is 542. The zero-order valence-corrected chi connectivity index (χ0v) is 11.3. The van der Waals surface area contributed by atoms with Crippen molar-refractivity contribution in [1.82, 2.24) is 20.2 Å². The summed E-state index contributed by atoms with van der Waals surface area (Å²) in [5.74, 6) is 0.585. The van der Waals surface area contributed by atoms with Gasteiger partial charge in [0.15, 0.2) is 0 Å². The summed E-state index contributed by atoms with van der Waals surface area (Å²) >= 11 is 0. The molecule has 3 rings (SSSR count). The van der Waals surface area contributed by atoms with Crippen LogP contribution in [0.1, 0.15) is 32.1 Å². The standard InChI is InChI=1S/C14H19N5O/c20-13-10-6-2-5-9-12(13)15-14-16-17-18-19(14)11-7-3-1-4-8-11/h1,3-4,7-8,12-13,20H,2,5-6,9-10H2,(H,15,16,18). The molecule has 0 radical (unpaired) electrons. The van der Waals surface area contributed by atoms with Crippen LogP contribution in [0.2, 0.25) is 0 Å². The van der Waals surface area contributed by atoms with Crippen molar-refractivity contribution < 1.29 is 5.11 Å². The van der Waals surface area contributed by atoms with E-state index in [2.05, 4.69) is 20.8 Å². The molecule has 1 saturated carbocycles. The third-order valence-electron chi connectivity index (χ3n) is 3.76. The Morgan fingerprint density at radius 3 is 2.75 bits per heavy atom. The molecule has 6 heteroatoms. The lowest BCUT2D eigenvalue weighted by molar-refractivity contribution is 0.144. The molecular weight excluding hydrogens is 254 g/mol. The average Bonchev–Trinajstić information content (AvgIpc) is 2.85. The van der Waals surface area contributed by atoms with Gasteiger partial charge in [0.1, 0.15) is 0 Å². The molecular formula is C14H19N5O. The summed E-state index contributed by atoms with van der Waals surface area (Å²) in [6.45, 7) is 0. The van der Waals surface area contributed by atoms with Gasteiger partial charge in [0, 0.05) is 0 Å². The number of aromatic nitrogens is 4. The molecule has 0 saturated heterocycles. The Balaban J connectivity index is 1.80. The molecule has 1 heterocycles. The minimum absolute atomic E-state index is 0.0194. The lowest BCUT2D eigenvalue weighted by Crippen LogP contribution is -2.33. The first-order valence-corrected chi connectivity index (χ1v) is 7.13. The maximum absolute atomic E-state index is 10.2. The monoisotopic (exact) mass is 273 g/mol. The van der Waals surface area contributed by atoms with E-state index in [1.54, 1.807) is 4.68 Å². The van der Waals surface area contributed by atoms with Gasteiger partial charge in [-0.2, -0.15) is 4.68 Å². The van der Waals surface area contributed by atoms with E-state index in [1.165, 1.54) is 6.42 Å². The van der Waals surface area contributed by atoms with Gasteiger partial charge in [-0.1, -0.05) is 42.6 Å². The highest BCUT2D eigenvalue weighted by molar-refractivity contribution is 5.39. The number of tetrazole rings is 1. The number of para-hydroxylation sites is 1. The Morgan fingerprint density at radius 1 is 1.10 bits per heavy atom. The van der Waals surface area contributed by atoms with Crippen LogP contribution in [0, 0.1) is 0 Å². The summed E-state index contributed by atoms with van der Waals surface area (Å²) in [5, 5.41) is 25.2. The molecule has 20 heavy (non-hydrogen) atoms. The van der Waals surface area contributed by atoms with Gasteiger partial charge < -0.3 is 10.4 Å². The number of aliphatic hydroxyl groups is 1. The smallest absolute Gasteiger partial charge is 0.248 e. The Labute approximate surface area is 117 Å².